The molecule has 3 rings (SSSR count). The van der Waals surface area contributed by atoms with Crippen molar-refractivity contribution in [2.75, 3.05) is 20.8 Å². The molecule has 0 saturated heterocycles. The Bertz CT molecular complexity index is 841. The number of rotatable bonds is 5. The molecule has 1 saturated carbocycles. The number of hydrogen-bond donors (Lipinski definition) is 0. The van der Waals surface area contributed by atoms with Gasteiger partial charge in [0.15, 0.2) is 0 Å². The van der Waals surface area contributed by atoms with Crippen molar-refractivity contribution in [3.63, 3.8) is 0 Å². The molecule has 1 aliphatic carbocycles. The van der Waals surface area contributed by atoms with Crippen molar-refractivity contribution in [2.24, 2.45) is 10.1 Å². The lowest BCUT2D eigenvalue weighted by molar-refractivity contribution is 0.395. The smallest absolute Gasteiger partial charge is 0.206 e. The number of thiazole rings is 1. The zero-order valence-corrected chi connectivity index (χ0v) is 17.3. The second kappa shape index (κ2) is 9.74. The molecule has 1 heterocycles. The summed E-state index contributed by atoms with van der Waals surface area (Å²) in [6, 6.07) is 5.90. The lowest BCUT2D eigenvalue weighted by Crippen LogP contribution is -2.15. The maximum atomic E-state index is 5.63. The molecule has 0 atom stereocenters. The summed E-state index contributed by atoms with van der Waals surface area (Å²) in [5.74, 6) is 1.56. The lowest BCUT2D eigenvalue weighted by Gasteiger charge is -2.14. The summed E-state index contributed by atoms with van der Waals surface area (Å²) >= 11 is 1.63. The van der Waals surface area contributed by atoms with Gasteiger partial charge in [-0.2, -0.15) is 5.10 Å². The van der Waals surface area contributed by atoms with Crippen LogP contribution < -0.4 is 14.3 Å². The Morgan fingerprint density at radius 3 is 2.44 bits per heavy atom. The number of ether oxygens (including phenoxy) is 2. The molecule has 0 N–H and O–H groups in total. The van der Waals surface area contributed by atoms with Crippen LogP contribution >= 0.6 is 11.3 Å². The molecular formula is C21H29N3O2S. The molecule has 1 aromatic carbocycles. The molecule has 5 nitrogen and oxygen atoms in total. The highest BCUT2D eigenvalue weighted by Gasteiger charge is 2.15. The van der Waals surface area contributed by atoms with Gasteiger partial charge in [0.2, 0.25) is 4.80 Å². The van der Waals surface area contributed by atoms with Gasteiger partial charge in [0.05, 0.1) is 19.9 Å². The molecule has 0 spiro atoms. The van der Waals surface area contributed by atoms with E-state index < -0.39 is 0 Å². The fourth-order valence-electron chi connectivity index (χ4n) is 3.39. The first-order chi connectivity index (χ1) is 13.3. The van der Waals surface area contributed by atoms with Gasteiger partial charge in [-0.1, -0.05) is 19.3 Å². The Hall–Kier alpha value is -2.08. The van der Waals surface area contributed by atoms with Crippen molar-refractivity contribution in [1.82, 2.24) is 4.68 Å². The first-order valence-corrected chi connectivity index (χ1v) is 10.6. The third-order valence-electron chi connectivity index (χ3n) is 4.84. The van der Waals surface area contributed by atoms with E-state index in [4.69, 9.17) is 14.6 Å². The maximum Gasteiger partial charge on any atom is 0.206 e. The van der Waals surface area contributed by atoms with E-state index in [1.165, 1.54) is 37.8 Å². The van der Waals surface area contributed by atoms with Crippen molar-refractivity contribution in [3.8, 4) is 22.8 Å². The molecule has 1 aliphatic rings. The van der Waals surface area contributed by atoms with Crippen LogP contribution in [0.4, 0.5) is 0 Å². The van der Waals surface area contributed by atoms with Crippen LogP contribution in [0, 0.1) is 0 Å². The zero-order chi connectivity index (χ0) is 19.1. The highest BCUT2D eigenvalue weighted by molar-refractivity contribution is 7.07. The Balaban J connectivity index is 2.08. The van der Waals surface area contributed by atoms with Crippen molar-refractivity contribution in [1.29, 1.82) is 0 Å². The molecule has 2 aromatic rings. The van der Waals surface area contributed by atoms with E-state index in [1.807, 2.05) is 22.9 Å². The van der Waals surface area contributed by atoms with Gasteiger partial charge in [0, 0.05) is 29.3 Å². The van der Waals surface area contributed by atoms with E-state index in [0.29, 0.717) is 0 Å². The molecule has 146 valence electrons. The highest BCUT2D eigenvalue weighted by atomic mass is 32.1. The lowest BCUT2D eigenvalue weighted by atomic mass is 9.99. The summed E-state index contributed by atoms with van der Waals surface area (Å²) in [5.41, 5.74) is 3.29. The minimum absolute atomic E-state index is 0.741. The van der Waals surface area contributed by atoms with Gasteiger partial charge in [-0.15, -0.1) is 11.3 Å². The van der Waals surface area contributed by atoms with Gasteiger partial charge < -0.3 is 9.47 Å². The molecule has 1 fully saturated rings. The van der Waals surface area contributed by atoms with Crippen LogP contribution in [0.25, 0.3) is 11.3 Å². The Morgan fingerprint density at radius 2 is 1.78 bits per heavy atom. The van der Waals surface area contributed by atoms with Gasteiger partial charge in [0.1, 0.15) is 11.5 Å². The number of hydrogen-bond acceptors (Lipinski definition) is 5. The predicted octanol–water partition coefficient (Wildman–Crippen LogP) is 5.10. The van der Waals surface area contributed by atoms with Crippen molar-refractivity contribution >= 4 is 17.0 Å². The van der Waals surface area contributed by atoms with Crippen LogP contribution in [0.3, 0.4) is 0 Å². The predicted molar refractivity (Wildman–Crippen MR) is 112 cm³/mol. The van der Waals surface area contributed by atoms with Crippen molar-refractivity contribution in [3.05, 3.63) is 28.4 Å². The van der Waals surface area contributed by atoms with Gasteiger partial charge in [-0.05, 0) is 44.7 Å². The summed E-state index contributed by atoms with van der Waals surface area (Å²) in [6.45, 7) is 2.80. The van der Waals surface area contributed by atoms with E-state index in [-0.39, 0.29) is 0 Å². The largest absolute Gasteiger partial charge is 0.497 e. The summed E-state index contributed by atoms with van der Waals surface area (Å²) in [4.78, 5) is 5.59. The summed E-state index contributed by atoms with van der Waals surface area (Å²) in [6.07, 6.45) is 8.57. The molecule has 6 heteroatoms. The van der Waals surface area contributed by atoms with E-state index in [9.17, 15) is 0 Å². The summed E-state index contributed by atoms with van der Waals surface area (Å²) < 4.78 is 13.0. The second-order valence-electron chi connectivity index (χ2n) is 6.69. The van der Waals surface area contributed by atoms with Crippen LogP contribution in [0.1, 0.15) is 51.9 Å². The van der Waals surface area contributed by atoms with E-state index in [0.717, 1.165) is 46.9 Å². The normalized spacial score (nSPS) is 16.0. The van der Waals surface area contributed by atoms with Crippen LogP contribution in [-0.2, 0) is 0 Å². The SMILES string of the molecule is CCN=c1scc(-c2ccc(OC)cc2OC)n1N=C1CCCCCCC1. The third kappa shape index (κ3) is 4.80. The van der Waals surface area contributed by atoms with Crippen molar-refractivity contribution in [2.45, 2.75) is 51.9 Å². The first kappa shape index (κ1) is 19.7. The quantitative estimate of drug-likeness (QED) is 0.716. The molecule has 1 aromatic heterocycles. The molecular weight excluding hydrogens is 358 g/mol. The van der Waals surface area contributed by atoms with Crippen LogP contribution in [0.5, 0.6) is 11.5 Å². The van der Waals surface area contributed by atoms with Crippen molar-refractivity contribution < 1.29 is 9.47 Å². The fraction of sp³-hybridized carbons (Fsp3) is 0.524. The number of aromatic nitrogens is 1. The Morgan fingerprint density at radius 1 is 1.04 bits per heavy atom. The van der Waals surface area contributed by atoms with E-state index in [2.05, 4.69) is 17.3 Å². The zero-order valence-electron chi connectivity index (χ0n) is 16.5. The fourth-order valence-corrected chi connectivity index (χ4v) is 4.28. The van der Waals surface area contributed by atoms with E-state index >= 15 is 0 Å². The van der Waals surface area contributed by atoms with Gasteiger partial charge >= 0.3 is 0 Å². The average molecular weight is 388 g/mol. The van der Waals surface area contributed by atoms with Crippen LogP contribution in [0.2, 0.25) is 0 Å². The standard InChI is InChI=1S/C21H29N3O2S/c1-4-22-21-24(23-16-10-8-6-5-7-9-11-16)19(15-27-21)18-13-12-17(25-2)14-20(18)26-3/h12-15H,4-11H2,1-3H3. The van der Waals surface area contributed by atoms with Crippen LogP contribution in [-0.4, -0.2) is 31.2 Å². The van der Waals surface area contributed by atoms with Gasteiger partial charge in [-0.25, -0.2) is 4.68 Å². The van der Waals surface area contributed by atoms with Gasteiger partial charge in [0.25, 0.3) is 0 Å². The molecule has 0 unspecified atom stereocenters. The Kier molecular flexibility index (Phi) is 7.10. The monoisotopic (exact) mass is 387 g/mol. The molecule has 0 amide bonds. The maximum absolute atomic E-state index is 5.63. The molecule has 0 radical (unpaired) electrons. The minimum Gasteiger partial charge on any atom is -0.497 e. The topological polar surface area (TPSA) is 48.1 Å². The first-order valence-electron chi connectivity index (χ1n) is 9.77. The molecule has 27 heavy (non-hydrogen) atoms. The van der Waals surface area contributed by atoms with Crippen LogP contribution in [0.15, 0.2) is 33.7 Å². The second-order valence-corrected chi connectivity index (χ2v) is 7.53. The summed E-state index contributed by atoms with van der Waals surface area (Å²) in [5, 5.41) is 7.17. The third-order valence-corrected chi connectivity index (χ3v) is 5.69. The minimum atomic E-state index is 0.741. The average Bonchev–Trinajstić information content (AvgIpc) is 3.05. The number of methoxy groups -OCH3 is 2. The number of benzene rings is 1. The molecule has 0 aliphatic heterocycles. The molecule has 0 bridgehead atoms. The summed E-state index contributed by atoms with van der Waals surface area (Å²) in [7, 11) is 3.35. The number of nitrogens with zero attached hydrogens (tertiary/aromatic N) is 3. The van der Waals surface area contributed by atoms with E-state index in [1.54, 1.807) is 25.6 Å². The van der Waals surface area contributed by atoms with Gasteiger partial charge in [-0.3, -0.25) is 4.99 Å². The Labute approximate surface area is 165 Å². The highest BCUT2D eigenvalue weighted by Crippen LogP contribution is 2.33.